The molecular formula is C30H30N6O4S2. The summed E-state index contributed by atoms with van der Waals surface area (Å²) in [5.74, 6) is -0.807. The Morgan fingerprint density at radius 1 is 0.952 bits per heavy atom. The maximum atomic E-state index is 11.5. The van der Waals surface area contributed by atoms with Crippen LogP contribution < -0.4 is 4.90 Å². The number of benzene rings is 2. The number of azo groups is 2. The van der Waals surface area contributed by atoms with E-state index in [1.165, 1.54) is 22.7 Å². The van der Waals surface area contributed by atoms with Crippen molar-refractivity contribution >= 4 is 71.3 Å². The predicted octanol–water partition coefficient (Wildman–Crippen LogP) is 8.41. The van der Waals surface area contributed by atoms with Crippen LogP contribution in [-0.2, 0) is 25.5 Å². The van der Waals surface area contributed by atoms with Gasteiger partial charge in [-0.25, -0.2) is 14.6 Å². The Balaban J connectivity index is 1.29. The first-order valence-corrected chi connectivity index (χ1v) is 14.8. The molecule has 4 aromatic rings. The van der Waals surface area contributed by atoms with Crippen molar-refractivity contribution in [2.45, 2.75) is 20.3 Å². The van der Waals surface area contributed by atoms with Crippen molar-refractivity contribution in [1.82, 2.24) is 4.98 Å². The van der Waals surface area contributed by atoms with Crippen LogP contribution in [0.5, 0.6) is 0 Å². The number of carbonyl (C=O) groups excluding carboxylic acids is 2. The second-order valence-corrected chi connectivity index (χ2v) is 11.0. The zero-order valence-electron chi connectivity index (χ0n) is 23.4. The third-order valence-corrected chi connectivity index (χ3v) is 7.79. The number of ether oxygens (including phenoxy) is 2. The molecule has 0 fully saturated rings. The molecule has 2 aromatic heterocycles. The molecule has 0 aliphatic rings. The summed E-state index contributed by atoms with van der Waals surface area (Å²) in [6.45, 7) is 12.6. The number of fused-ring (bicyclic) bond motifs is 1. The van der Waals surface area contributed by atoms with E-state index in [2.05, 4.69) is 43.5 Å². The van der Waals surface area contributed by atoms with E-state index in [0.717, 1.165) is 44.1 Å². The molecule has 0 saturated carbocycles. The van der Waals surface area contributed by atoms with Crippen LogP contribution >= 0.6 is 22.7 Å². The third kappa shape index (κ3) is 8.72. The minimum absolute atomic E-state index is 0.287. The van der Waals surface area contributed by atoms with E-state index in [-0.39, 0.29) is 12.6 Å². The fourth-order valence-corrected chi connectivity index (χ4v) is 5.49. The molecule has 0 atom stereocenters. The molecule has 2 heterocycles. The van der Waals surface area contributed by atoms with Crippen LogP contribution in [0.3, 0.4) is 0 Å². The smallest absolute Gasteiger partial charge is 0.333 e. The van der Waals surface area contributed by atoms with E-state index in [9.17, 15) is 9.59 Å². The molecule has 0 N–H and O–H groups in total. The SMILES string of the molecule is C=CC(=O)OCCN(CC)c1ccc(N=Nc2nc3sc(N=Nc4ccc(CCOC(=O)C(=C)C)cc4)cc3s2)cc1. The number of thiazole rings is 1. The second-order valence-electron chi connectivity index (χ2n) is 8.95. The Labute approximate surface area is 251 Å². The highest BCUT2D eigenvalue weighted by Crippen LogP contribution is 2.39. The Morgan fingerprint density at radius 3 is 2.29 bits per heavy atom. The van der Waals surface area contributed by atoms with Gasteiger partial charge in [-0.3, -0.25) is 0 Å². The molecule has 0 saturated heterocycles. The van der Waals surface area contributed by atoms with Crippen LogP contribution in [0.25, 0.3) is 9.53 Å². The van der Waals surface area contributed by atoms with E-state index in [4.69, 9.17) is 9.47 Å². The largest absolute Gasteiger partial charge is 0.462 e. The van der Waals surface area contributed by atoms with E-state index in [1.54, 1.807) is 6.92 Å². The van der Waals surface area contributed by atoms with Crippen LogP contribution in [0.15, 0.2) is 99.9 Å². The lowest BCUT2D eigenvalue weighted by atomic mass is 10.1. The van der Waals surface area contributed by atoms with Gasteiger partial charge in [0, 0.05) is 30.3 Å². The molecule has 2 aromatic carbocycles. The van der Waals surface area contributed by atoms with Crippen molar-refractivity contribution in [2.75, 3.05) is 31.2 Å². The van der Waals surface area contributed by atoms with Gasteiger partial charge in [0.1, 0.15) is 16.4 Å². The summed E-state index contributed by atoms with van der Waals surface area (Å²) < 4.78 is 11.2. The number of likely N-dealkylation sites (N-methyl/N-ethyl adjacent to an activating group) is 1. The number of hydrogen-bond donors (Lipinski definition) is 0. The fraction of sp³-hybridized carbons (Fsp3) is 0.233. The van der Waals surface area contributed by atoms with Gasteiger partial charge >= 0.3 is 11.9 Å². The maximum Gasteiger partial charge on any atom is 0.333 e. The van der Waals surface area contributed by atoms with Crippen LogP contribution in [-0.4, -0.2) is 43.2 Å². The zero-order valence-corrected chi connectivity index (χ0v) is 25.0. The standard InChI is InChI=1S/C30H30N6O4S2/c1-5-27(37)39-18-16-36(6-2)24-13-11-23(12-14-24)33-35-30-31-28-25(41-30)19-26(42-28)34-32-22-9-7-21(8-10-22)15-17-40-29(38)20(3)4/h5,7-14,19H,1,3,6,15-18H2,2,4H3. The van der Waals surface area contributed by atoms with Crippen molar-refractivity contribution in [3.63, 3.8) is 0 Å². The molecule has 0 aliphatic carbocycles. The summed E-state index contributed by atoms with van der Waals surface area (Å²) in [4.78, 5) is 30.2. The van der Waals surface area contributed by atoms with Crippen molar-refractivity contribution < 1.29 is 19.1 Å². The monoisotopic (exact) mass is 602 g/mol. The van der Waals surface area contributed by atoms with Crippen LogP contribution in [0.4, 0.5) is 27.2 Å². The topological polar surface area (TPSA) is 118 Å². The number of nitrogens with zero attached hydrogens (tertiary/aromatic N) is 6. The molecule has 0 bridgehead atoms. The maximum absolute atomic E-state index is 11.5. The fourth-order valence-electron chi connectivity index (χ4n) is 3.64. The summed E-state index contributed by atoms with van der Waals surface area (Å²) in [6.07, 6.45) is 1.77. The molecule has 0 amide bonds. The first-order chi connectivity index (χ1) is 20.3. The zero-order chi connectivity index (χ0) is 29.9. The van der Waals surface area contributed by atoms with Gasteiger partial charge in [-0.05, 0) is 61.9 Å². The Morgan fingerprint density at radius 2 is 1.64 bits per heavy atom. The van der Waals surface area contributed by atoms with Gasteiger partial charge in [0.2, 0.25) is 5.13 Å². The van der Waals surface area contributed by atoms with E-state index in [1.807, 2.05) is 61.5 Å². The number of carbonyl (C=O) groups is 2. The summed E-state index contributed by atoms with van der Waals surface area (Å²) in [6, 6.07) is 17.2. The molecule has 0 spiro atoms. The van der Waals surface area contributed by atoms with Crippen LogP contribution in [0.1, 0.15) is 19.4 Å². The molecular weight excluding hydrogens is 573 g/mol. The van der Waals surface area contributed by atoms with Gasteiger partial charge in [0.05, 0.1) is 29.2 Å². The lowest BCUT2D eigenvalue weighted by molar-refractivity contribution is -0.139. The molecule has 0 radical (unpaired) electrons. The quantitative estimate of drug-likeness (QED) is 0.0812. The average molecular weight is 603 g/mol. The van der Waals surface area contributed by atoms with Crippen molar-refractivity contribution in [3.8, 4) is 0 Å². The van der Waals surface area contributed by atoms with Gasteiger partial charge in [-0.2, -0.15) is 0 Å². The van der Waals surface area contributed by atoms with Crippen molar-refractivity contribution in [2.24, 2.45) is 20.5 Å². The van der Waals surface area contributed by atoms with Gasteiger partial charge in [0.15, 0.2) is 0 Å². The molecule has 0 aliphatic heterocycles. The average Bonchev–Trinajstić information content (AvgIpc) is 3.56. The minimum atomic E-state index is -0.426. The number of thiophene rings is 1. The van der Waals surface area contributed by atoms with Gasteiger partial charge in [0.25, 0.3) is 0 Å². The summed E-state index contributed by atoms with van der Waals surface area (Å²) in [5, 5.41) is 18.6. The number of rotatable bonds is 14. The van der Waals surface area contributed by atoms with Gasteiger partial charge in [-0.15, -0.1) is 20.5 Å². The van der Waals surface area contributed by atoms with E-state index >= 15 is 0 Å². The Bertz CT molecular complexity index is 1580. The number of hydrogen-bond acceptors (Lipinski definition) is 12. The first-order valence-electron chi connectivity index (χ1n) is 13.1. The van der Waals surface area contributed by atoms with Crippen molar-refractivity contribution in [1.29, 1.82) is 0 Å². The highest BCUT2D eigenvalue weighted by Gasteiger charge is 2.09. The summed E-state index contributed by atoms with van der Waals surface area (Å²) in [7, 11) is 0. The van der Waals surface area contributed by atoms with E-state index < -0.39 is 5.97 Å². The predicted molar refractivity (Wildman–Crippen MR) is 167 cm³/mol. The number of esters is 2. The normalized spacial score (nSPS) is 11.3. The van der Waals surface area contributed by atoms with Crippen LogP contribution in [0.2, 0.25) is 0 Å². The summed E-state index contributed by atoms with van der Waals surface area (Å²) >= 11 is 2.87. The van der Waals surface area contributed by atoms with Gasteiger partial charge in [-0.1, -0.05) is 48.0 Å². The third-order valence-electron chi connectivity index (χ3n) is 5.86. The molecule has 10 nitrogen and oxygen atoms in total. The van der Waals surface area contributed by atoms with Crippen LogP contribution in [0, 0.1) is 0 Å². The Kier molecular flexibility index (Phi) is 10.8. The molecule has 4 rings (SSSR count). The number of anilines is 1. The molecule has 12 heteroatoms. The first kappa shape index (κ1) is 30.4. The molecule has 216 valence electrons. The second kappa shape index (κ2) is 14.9. The summed E-state index contributed by atoms with van der Waals surface area (Å²) in [5.41, 5.74) is 3.86. The minimum Gasteiger partial charge on any atom is -0.462 e. The van der Waals surface area contributed by atoms with Crippen molar-refractivity contribution in [3.05, 3.63) is 85.0 Å². The lowest BCUT2D eigenvalue weighted by Gasteiger charge is -2.22. The Hall–Kier alpha value is -4.55. The molecule has 0 unspecified atom stereocenters. The van der Waals surface area contributed by atoms with Gasteiger partial charge < -0.3 is 14.4 Å². The highest BCUT2D eigenvalue weighted by molar-refractivity contribution is 7.30. The lowest BCUT2D eigenvalue weighted by Crippen LogP contribution is -2.27. The molecule has 42 heavy (non-hydrogen) atoms. The highest BCUT2D eigenvalue weighted by atomic mass is 32.1. The number of aromatic nitrogens is 1. The van der Waals surface area contributed by atoms with E-state index in [0.29, 0.717) is 36.0 Å².